The van der Waals surface area contributed by atoms with Crippen molar-refractivity contribution in [3.63, 3.8) is 0 Å². The van der Waals surface area contributed by atoms with Crippen molar-refractivity contribution >= 4 is 11.8 Å². The SMILES string of the molecule is CCC(NC(=O)C1CCC(C(=O)NC(CC)c2ccccc2)CC1)c1ccccc1. The van der Waals surface area contributed by atoms with Gasteiger partial charge in [-0.1, -0.05) is 74.5 Å². The van der Waals surface area contributed by atoms with Crippen LogP contribution in [0.2, 0.25) is 0 Å². The maximum Gasteiger partial charge on any atom is 0.223 e. The van der Waals surface area contributed by atoms with E-state index in [0.717, 1.165) is 49.7 Å². The van der Waals surface area contributed by atoms with Gasteiger partial charge in [-0.05, 0) is 49.7 Å². The second-order valence-corrected chi connectivity index (χ2v) is 8.31. The van der Waals surface area contributed by atoms with Crippen LogP contribution in [0.25, 0.3) is 0 Å². The fraction of sp³-hybridized carbons (Fsp3) is 0.462. The molecule has 2 aromatic rings. The monoisotopic (exact) mass is 406 g/mol. The van der Waals surface area contributed by atoms with Gasteiger partial charge in [0.2, 0.25) is 11.8 Å². The first kappa shape index (κ1) is 22.1. The lowest BCUT2D eigenvalue weighted by atomic mass is 9.80. The molecule has 1 fully saturated rings. The van der Waals surface area contributed by atoms with Gasteiger partial charge < -0.3 is 10.6 Å². The molecule has 0 heterocycles. The van der Waals surface area contributed by atoms with Crippen molar-refractivity contribution in [2.45, 2.75) is 64.5 Å². The first-order valence-corrected chi connectivity index (χ1v) is 11.3. The molecule has 4 nitrogen and oxygen atoms in total. The van der Waals surface area contributed by atoms with Crippen molar-refractivity contribution in [3.05, 3.63) is 71.8 Å². The molecule has 0 spiro atoms. The van der Waals surface area contributed by atoms with Gasteiger partial charge >= 0.3 is 0 Å². The Morgan fingerprint density at radius 1 is 0.700 bits per heavy atom. The van der Waals surface area contributed by atoms with Gasteiger partial charge in [0.25, 0.3) is 0 Å². The Hall–Kier alpha value is -2.62. The number of carbonyl (C=O) groups excluding carboxylic acids is 2. The molecule has 4 heteroatoms. The molecule has 0 saturated heterocycles. The summed E-state index contributed by atoms with van der Waals surface area (Å²) in [5.74, 6) is 0.256. The summed E-state index contributed by atoms with van der Waals surface area (Å²) in [7, 11) is 0. The Bertz CT molecular complexity index is 729. The van der Waals surface area contributed by atoms with Crippen molar-refractivity contribution in [3.8, 4) is 0 Å². The summed E-state index contributed by atoms with van der Waals surface area (Å²) in [6.07, 6.45) is 4.83. The predicted molar refractivity (Wildman–Crippen MR) is 121 cm³/mol. The topological polar surface area (TPSA) is 58.2 Å². The summed E-state index contributed by atoms with van der Waals surface area (Å²) in [6, 6.07) is 20.4. The largest absolute Gasteiger partial charge is 0.349 e. The second kappa shape index (κ2) is 11.0. The highest BCUT2D eigenvalue weighted by atomic mass is 16.2. The van der Waals surface area contributed by atoms with Crippen molar-refractivity contribution in [2.75, 3.05) is 0 Å². The Morgan fingerprint density at radius 3 is 1.33 bits per heavy atom. The van der Waals surface area contributed by atoms with Crippen molar-refractivity contribution in [2.24, 2.45) is 11.8 Å². The molecule has 0 radical (unpaired) electrons. The van der Waals surface area contributed by atoms with Crippen LogP contribution in [0, 0.1) is 11.8 Å². The minimum Gasteiger partial charge on any atom is -0.349 e. The van der Waals surface area contributed by atoms with Crippen molar-refractivity contribution in [1.82, 2.24) is 10.6 Å². The average molecular weight is 407 g/mol. The Labute approximate surface area is 180 Å². The van der Waals surface area contributed by atoms with Gasteiger partial charge in [0.1, 0.15) is 0 Å². The normalized spacial score (nSPS) is 20.7. The molecule has 2 amide bonds. The van der Waals surface area contributed by atoms with Gasteiger partial charge in [-0.25, -0.2) is 0 Å². The van der Waals surface area contributed by atoms with Crippen LogP contribution < -0.4 is 10.6 Å². The van der Waals surface area contributed by atoms with E-state index in [-0.39, 0.29) is 35.7 Å². The minimum absolute atomic E-state index is 0.00269. The Kier molecular flexibility index (Phi) is 8.06. The Balaban J connectivity index is 1.50. The summed E-state index contributed by atoms with van der Waals surface area (Å²) in [4.78, 5) is 25.6. The van der Waals surface area contributed by atoms with E-state index in [0.29, 0.717) is 0 Å². The molecule has 0 aromatic heterocycles. The second-order valence-electron chi connectivity index (χ2n) is 8.31. The lowest BCUT2D eigenvalue weighted by molar-refractivity contribution is -0.131. The van der Waals surface area contributed by atoms with Gasteiger partial charge in [-0.2, -0.15) is 0 Å². The van der Waals surface area contributed by atoms with E-state index in [2.05, 4.69) is 48.7 Å². The number of carbonyl (C=O) groups is 2. The van der Waals surface area contributed by atoms with Crippen molar-refractivity contribution < 1.29 is 9.59 Å². The predicted octanol–water partition coefficient (Wildman–Crippen LogP) is 5.33. The minimum atomic E-state index is 0.00269. The van der Waals surface area contributed by atoms with Crippen LogP contribution in [-0.2, 0) is 9.59 Å². The molecule has 2 N–H and O–H groups in total. The molecule has 0 aliphatic heterocycles. The number of nitrogens with one attached hydrogen (secondary N) is 2. The zero-order valence-electron chi connectivity index (χ0n) is 18.1. The first-order valence-electron chi connectivity index (χ1n) is 11.3. The van der Waals surface area contributed by atoms with Crippen LogP contribution in [0.4, 0.5) is 0 Å². The molecule has 30 heavy (non-hydrogen) atoms. The van der Waals surface area contributed by atoms with Gasteiger partial charge in [0.15, 0.2) is 0 Å². The van der Waals surface area contributed by atoms with E-state index in [1.807, 2.05) is 36.4 Å². The van der Waals surface area contributed by atoms with Gasteiger partial charge in [0.05, 0.1) is 12.1 Å². The van der Waals surface area contributed by atoms with Crippen LogP contribution in [0.3, 0.4) is 0 Å². The lowest BCUT2D eigenvalue weighted by Crippen LogP contribution is -2.39. The first-order chi connectivity index (χ1) is 14.6. The van der Waals surface area contributed by atoms with E-state index in [9.17, 15) is 9.59 Å². The number of amides is 2. The van der Waals surface area contributed by atoms with Gasteiger partial charge in [0, 0.05) is 11.8 Å². The molecule has 2 aromatic carbocycles. The molecule has 2 atom stereocenters. The van der Waals surface area contributed by atoms with Crippen LogP contribution in [0.15, 0.2) is 60.7 Å². The average Bonchev–Trinajstić information content (AvgIpc) is 2.81. The highest BCUT2D eigenvalue weighted by molar-refractivity contribution is 5.81. The number of rotatable bonds is 8. The lowest BCUT2D eigenvalue weighted by Gasteiger charge is -2.30. The molecule has 160 valence electrons. The van der Waals surface area contributed by atoms with E-state index in [1.165, 1.54) is 0 Å². The van der Waals surface area contributed by atoms with E-state index >= 15 is 0 Å². The molecular weight excluding hydrogens is 372 g/mol. The summed E-state index contributed by atoms with van der Waals surface area (Å²) < 4.78 is 0. The Morgan fingerprint density at radius 2 is 1.03 bits per heavy atom. The third-order valence-corrected chi connectivity index (χ3v) is 6.32. The highest BCUT2D eigenvalue weighted by Crippen LogP contribution is 2.31. The molecule has 0 bridgehead atoms. The zero-order chi connectivity index (χ0) is 21.3. The van der Waals surface area contributed by atoms with Gasteiger partial charge in [-0.3, -0.25) is 9.59 Å². The van der Waals surface area contributed by atoms with E-state index in [4.69, 9.17) is 0 Å². The quantitative estimate of drug-likeness (QED) is 0.623. The van der Waals surface area contributed by atoms with Gasteiger partial charge in [-0.15, -0.1) is 0 Å². The number of hydrogen-bond donors (Lipinski definition) is 2. The maximum absolute atomic E-state index is 12.8. The molecule has 1 aliphatic carbocycles. The van der Waals surface area contributed by atoms with E-state index in [1.54, 1.807) is 0 Å². The third kappa shape index (κ3) is 5.71. The van der Waals surface area contributed by atoms with Crippen LogP contribution in [-0.4, -0.2) is 11.8 Å². The molecular formula is C26H34N2O2. The summed E-state index contributed by atoms with van der Waals surface area (Å²) in [6.45, 7) is 4.19. The van der Waals surface area contributed by atoms with Crippen LogP contribution in [0.5, 0.6) is 0 Å². The zero-order valence-corrected chi connectivity index (χ0v) is 18.1. The fourth-order valence-corrected chi connectivity index (χ4v) is 4.41. The summed E-state index contributed by atoms with van der Waals surface area (Å²) in [5, 5.41) is 6.44. The fourth-order valence-electron chi connectivity index (χ4n) is 4.41. The number of benzene rings is 2. The molecule has 3 rings (SSSR count). The molecule has 2 unspecified atom stereocenters. The summed E-state index contributed by atoms with van der Waals surface area (Å²) in [5.41, 5.74) is 2.29. The molecule has 1 aliphatic rings. The van der Waals surface area contributed by atoms with E-state index < -0.39 is 0 Å². The van der Waals surface area contributed by atoms with Crippen molar-refractivity contribution in [1.29, 1.82) is 0 Å². The molecule has 1 saturated carbocycles. The third-order valence-electron chi connectivity index (χ3n) is 6.32. The number of hydrogen-bond acceptors (Lipinski definition) is 2. The van der Waals surface area contributed by atoms with Crippen LogP contribution in [0.1, 0.15) is 75.6 Å². The smallest absolute Gasteiger partial charge is 0.223 e. The maximum atomic E-state index is 12.8. The summed E-state index contributed by atoms with van der Waals surface area (Å²) >= 11 is 0. The highest BCUT2D eigenvalue weighted by Gasteiger charge is 2.31. The van der Waals surface area contributed by atoms with Crippen LogP contribution >= 0.6 is 0 Å². The standard InChI is InChI=1S/C26H34N2O2/c1-3-23(19-11-7-5-8-12-19)27-25(29)21-15-17-22(18-16-21)26(30)28-24(4-2)20-13-9-6-10-14-20/h5-14,21-24H,3-4,15-18H2,1-2H3,(H,27,29)(H,28,30).